The smallest absolute Gasteiger partial charge is 0.242 e. The SMILES string of the molecule is COc1nn(C)c2nc(C)c(CCC(=O)Nc3ccc4c(ccn4CCN4CCOCC4)c3)c(C)c12. The van der Waals surface area contributed by atoms with Gasteiger partial charge in [0, 0.05) is 68.1 Å². The van der Waals surface area contributed by atoms with Crippen LogP contribution in [0.1, 0.15) is 23.2 Å². The Balaban J connectivity index is 1.23. The number of hydrogen-bond donors (Lipinski definition) is 1. The number of morpholine rings is 1. The number of ether oxygens (including phenoxy) is 2. The number of pyridine rings is 1. The normalized spacial score (nSPS) is 14.6. The van der Waals surface area contributed by atoms with Crippen molar-refractivity contribution in [3.05, 3.63) is 47.3 Å². The molecule has 0 aliphatic carbocycles. The number of rotatable bonds is 8. The van der Waals surface area contributed by atoms with E-state index in [1.54, 1.807) is 11.8 Å². The van der Waals surface area contributed by atoms with E-state index in [1.807, 2.05) is 33.0 Å². The van der Waals surface area contributed by atoms with Crippen LogP contribution in [0.25, 0.3) is 21.9 Å². The molecule has 1 fully saturated rings. The maximum atomic E-state index is 12.8. The van der Waals surface area contributed by atoms with Crippen LogP contribution in [0.5, 0.6) is 5.88 Å². The lowest BCUT2D eigenvalue weighted by atomic mass is 10.00. The molecule has 36 heavy (non-hydrogen) atoms. The van der Waals surface area contributed by atoms with Gasteiger partial charge in [-0.15, -0.1) is 5.10 Å². The Morgan fingerprint density at radius 2 is 1.97 bits per heavy atom. The van der Waals surface area contributed by atoms with Gasteiger partial charge in [0.1, 0.15) is 0 Å². The molecule has 0 saturated carbocycles. The van der Waals surface area contributed by atoms with Gasteiger partial charge >= 0.3 is 0 Å². The third kappa shape index (κ3) is 4.81. The van der Waals surface area contributed by atoms with Crippen molar-refractivity contribution in [2.45, 2.75) is 33.2 Å². The number of aryl methyl sites for hydroxylation is 3. The highest BCUT2D eigenvalue weighted by Gasteiger charge is 2.18. The second-order valence-corrected chi connectivity index (χ2v) is 9.42. The Morgan fingerprint density at radius 3 is 2.75 bits per heavy atom. The van der Waals surface area contributed by atoms with E-state index in [1.165, 1.54) is 5.52 Å². The summed E-state index contributed by atoms with van der Waals surface area (Å²) >= 11 is 0. The number of fused-ring (bicyclic) bond motifs is 2. The second-order valence-electron chi connectivity index (χ2n) is 9.42. The summed E-state index contributed by atoms with van der Waals surface area (Å²) in [5.41, 5.74) is 5.83. The van der Waals surface area contributed by atoms with Gasteiger partial charge in [0.2, 0.25) is 11.8 Å². The van der Waals surface area contributed by atoms with E-state index in [-0.39, 0.29) is 5.91 Å². The van der Waals surface area contributed by atoms with Crippen molar-refractivity contribution in [3.8, 4) is 5.88 Å². The van der Waals surface area contributed by atoms with Crippen LogP contribution in [0.2, 0.25) is 0 Å². The molecular weight excluding hydrogens is 456 g/mol. The van der Waals surface area contributed by atoms with Crippen LogP contribution < -0.4 is 10.1 Å². The average Bonchev–Trinajstić information content (AvgIpc) is 3.43. The maximum absolute atomic E-state index is 12.8. The number of anilines is 1. The second kappa shape index (κ2) is 10.3. The molecule has 0 atom stereocenters. The molecule has 0 radical (unpaired) electrons. The van der Waals surface area contributed by atoms with E-state index >= 15 is 0 Å². The molecule has 0 bridgehead atoms. The first-order valence-corrected chi connectivity index (χ1v) is 12.5. The third-order valence-corrected chi connectivity index (χ3v) is 7.13. The van der Waals surface area contributed by atoms with Gasteiger partial charge in [0.25, 0.3) is 0 Å². The zero-order valence-corrected chi connectivity index (χ0v) is 21.5. The van der Waals surface area contributed by atoms with Gasteiger partial charge in [0.05, 0.1) is 25.7 Å². The highest BCUT2D eigenvalue weighted by atomic mass is 16.5. The number of nitrogens with zero attached hydrogens (tertiary/aromatic N) is 5. The first-order chi connectivity index (χ1) is 17.4. The minimum absolute atomic E-state index is 0.0156. The lowest BCUT2D eigenvalue weighted by Gasteiger charge is -2.26. The zero-order valence-electron chi connectivity index (χ0n) is 21.5. The first-order valence-electron chi connectivity index (χ1n) is 12.5. The van der Waals surface area contributed by atoms with Crippen molar-refractivity contribution < 1.29 is 14.3 Å². The summed E-state index contributed by atoms with van der Waals surface area (Å²) in [6.45, 7) is 9.60. The Bertz CT molecular complexity index is 1400. The average molecular weight is 491 g/mol. The topological polar surface area (TPSA) is 86.4 Å². The van der Waals surface area contributed by atoms with Gasteiger partial charge in [-0.05, 0) is 55.7 Å². The van der Waals surface area contributed by atoms with Crippen molar-refractivity contribution >= 4 is 33.5 Å². The van der Waals surface area contributed by atoms with E-state index in [2.05, 4.69) is 38.2 Å². The minimum Gasteiger partial charge on any atom is -0.479 e. The van der Waals surface area contributed by atoms with Gasteiger partial charge < -0.3 is 19.4 Å². The molecule has 1 saturated heterocycles. The Morgan fingerprint density at radius 1 is 1.17 bits per heavy atom. The monoisotopic (exact) mass is 490 g/mol. The van der Waals surface area contributed by atoms with Crippen LogP contribution in [-0.2, 0) is 29.5 Å². The minimum atomic E-state index is -0.0156. The van der Waals surface area contributed by atoms with Crippen molar-refractivity contribution in [2.24, 2.45) is 7.05 Å². The van der Waals surface area contributed by atoms with Crippen LogP contribution in [0.3, 0.4) is 0 Å². The van der Waals surface area contributed by atoms with Crippen LogP contribution >= 0.6 is 0 Å². The van der Waals surface area contributed by atoms with E-state index < -0.39 is 0 Å². The number of carbonyl (C=O) groups is 1. The highest BCUT2D eigenvalue weighted by Crippen LogP contribution is 2.30. The summed E-state index contributed by atoms with van der Waals surface area (Å²) in [5.74, 6) is 0.548. The lowest BCUT2D eigenvalue weighted by molar-refractivity contribution is -0.116. The molecule has 1 aliphatic heterocycles. The summed E-state index contributed by atoms with van der Waals surface area (Å²) in [6, 6.07) is 8.23. The molecule has 5 rings (SSSR count). The molecule has 1 N–H and O–H groups in total. The fourth-order valence-electron chi connectivity index (χ4n) is 5.12. The molecule has 0 spiro atoms. The van der Waals surface area contributed by atoms with E-state index in [0.29, 0.717) is 18.7 Å². The fraction of sp³-hybridized carbons (Fsp3) is 0.444. The summed E-state index contributed by atoms with van der Waals surface area (Å²) in [5, 5.41) is 9.51. The number of benzene rings is 1. The number of amides is 1. The fourth-order valence-corrected chi connectivity index (χ4v) is 5.12. The van der Waals surface area contributed by atoms with Gasteiger partial charge in [-0.2, -0.15) is 0 Å². The standard InChI is InChI=1S/C27H34N6O3/c1-18-22(19(2)28-26-25(18)27(35-4)30-31(26)3)6-8-24(34)29-21-5-7-23-20(17-21)9-10-33(23)12-11-32-13-15-36-16-14-32/h5,7,9-10,17H,6,8,11-16H2,1-4H3,(H,29,34). The summed E-state index contributed by atoms with van der Waals surface area (Å²) in [7, 11) is 3.47. The molecule has 190 valence electrons. The summed E-state index contributed by atoms with van der Waals surface area (Å²) in [4.78, 5) is 20.0. The van der Waals surface area contributed by atoms with Crippen molar-refractivity contribution in [2.75, 3.05) is 45.3 Å². The molecule has 9 nitrogen and oxygen atoms in total. The number of nitrogens with one attached hydrogen (secondary N) is 1. The highest BCUT2D eigenvalue weighted by molar-refractivity contribution is 5.94. The largest absolute Gasteiger partial charge is 0.479 e. The molecule has 1 aliphatic rings. The predicted octanol–water partition coefficient (Wildman–Crippen LogP) is 3.45. The van der Waals surface area contributed by atoms with Crippen LogP contribution in [0.15, 0.2) is 30.5 Å². The molecule has 4 aromatic rings. The van der Waals surface area contributed by atoms with E-state index in [0.717, 1.165) is 78.3 Å². The Labute approximate surface area is 211 Å². The molecule has 3 aromatic heterocycles. The number of hydrogen-bond acceptors (Lipinski definition) is 6. The van der Waals surface area contributed by atoms with Gasteiger partial charge in [0.15, 0.2) is 5.65 Å². The number of carbonyl (C=O) groups excluding carboxylic acids is 1. The van der Waals surface area contributed by atoms with Crippen molar-refractivity contribution in [1.29, 1.82) is 0 Å². The Kier molecular flexibility index (Phi) is 6.93. The van der Waals surface area contributed by atoms with Crippen molar-refractivity contribution in [1.82, 2.24) is 24.2 Å². The number of methoxy groups -OCH3 is 1. The summed E-state index contributed by atoms with van der Waals surface area (Å²) < 4.78 is 14.9. The molecule has 9 heteroatoms. The van der Waals surface area contributed by atoms with Crippen molar-refractivity contribution in [3.63, 3.8) is 0 Å². The molecular formula is C27H34N6O3. The van der Waals surface area contributed by atoms with E-state index in [4.69, 9.17) is 14.5 Å². The lowest BCUT2D eigenvalue weighted by Crippen LogP contribution is -2.38. The maximum Gasteiger partial charge on any atom is 0.242 e. The Hall–Kier alpha value is -3.43. The van der Waals surface area contributed by atoms with Crippen LogP contribution in [0.4, 0.5) is 5.69 Å². The van der Waals surface area contributed by atoms with Gasteiger partial charge in [-0.3, -0.25) is 9.69 Å². The van der Waals surface area contributed by atoms with E-state index in [9.17, 15) is 4.79 Å². The summed E-state index contributed by atoms with van der Waals surface area (Å²) in [6.07, 6.45) is 3.10. The van der Waals surface area contributed by atoms with Crippen LogP contribution in [-0.4, -0.2) is 70.1 Å². The van der Waals surface area contributed by atoms with Gasteiger partial charge in [-0.1, -0.05) is 0 Å². The zero-order chi connectivity index (χ0) is 25.2. The third-order valence-electron chi connectivity index (χ3n) is 7.13. The molecule has 1 aromatic carbocycles. The van der Waals surface area contributed by atoms with Crippen LogP contribution in [0, 0.1) is 13.8 Å². The molecule has 1 amide bonds. The van der Waals surface area contributed by atoms with Gasteiger partial charge in [-0.25, -0.2) is 9.67 Å². The predicted molar refractivity (Wildman–Crippen MR) is 141 cm³/mol. The number of aromatic nitrogens is 4. The quantitative estimate of drug-likeness (QED) is 0.407. The first kappa shape index (κ1) is 24.3. The molecule has 4 heterocycles. The molecule has 0 unspecified atom stereocenters.